The van der Waals surface area contributed by atoms with E-state index in [2.05, 4.69) is 34.6 Å². The van der Waals surface area contributed by atoms with Gasteiger partial charge in [0.15, 0.2) is 6.10 Å². The van der Waals surface area contributed by atoms with E-state index in [0.29, 0.717) is 19.3 Å². The van der Waals surface area contributed by atoms with E-state index >= 15 is 0 Å². The lowest BCUT2D eigenvalue weighted by molar-refractivity contribution is -0.167. The highest BCUT2D eigenvalue weighted by molar-refractivity contribution is 5.71. The van der Waals surface area contributed by atoms with Crippen molar-refractivity contribution in [3.05, 3.63) is 0 Å². The molecular formula is C56H108O6. The Morgan fingerprint density at radius 1 is 0.306 bits per heavy atom. The van der Waals surface area contributed by atoms with E-state index in [1.54, 1.807) is 0 Å². The summed E-state index contributed by atoms with van der Waals surface area (Å²) in [6, 6.07) is 0. The number of hydrogen-bond acceptors (Lipinski definition) is 6. The van der Waals surface area contributed by atoms with Crippen molar-refractivity contribution >= 4 is 17.9 Å². The minimum Gasteiger partial charge on any atom is -0.462 e. The second-order valence-corrected chi connectivity index (χ2v) is 20.2. The third kappa shape index (κ3) is 49.4. The zero-order valence-electron chi connectivity index (χ0n) is 42.5. The van der Waals surface area contributed by atoms with E-state index < -0.39 is 6.10 Å². The second-order valence-electron chi connectivity index (χ2n) is 20.2. The van der Waals surface area contributed by atoms with Gasteiger partial charge < -0.3 is 14.2 Å². The third-order valence-corrected chi connectivity index (χ3v) is 12.7. The fraction of sp³-hybridized carbons (Fsp3) is 0.946. The fourth-order valence-electron chi connectivity index (χ4n) is 8.52. The van der Waals surface area contributed by atoms with Crippen molar-refractivity contribution in [2.24, 2.45) is 11.8 Å². The molecule has 0 aromatic heterocycles. The molecule has 6 heteroatoms. The number of carbonyl (C=O) groups excluding carboxylic acids is 3. The Labute approximate surface area is 387 Å². The first-order chi connectivity index (χ1) is 30.2. The van der Waals surface area contributed by atoms with E-state index in [1.807, 2.05) is 0 Å². The molecule has 0 amide bonds. The maximum atomic E-state index is 12.8. The molecule has 0 aliphatic rings. The van der Waals surface area contributed by atoms with Crippen LogP contribution in [0.25, 0.3) is 0 Å². The van der Waals surface area contributed by atoms with Gasteiger partial charge in [0.1, 0.15) is 13.2 Å². The lowest BCUT2D eigenvalue weighted by atomic mass is 10.0. The van der Waals surface area contributed by atoms with Gasteiger partial charge in [-0.15, -0.1) is 0 Å². The molecule has 0 fully saturated rings. The Bertz CT molecular complexity index is 947. The van der Waals surface area contributed by atoms with Crippen LogP contribution in [-0.2, 0) is 28.6 Å². The Balaban J connectivity index is 4.26. The first kappa shape index (κ1) is 60.4. The van der Waals surface area contributed by atoms with E-state index in [0.717, 1.165) is 69.6 Å². The number of ether oxygens (including phenoxy) is 3. The smallest absolute Gasteiger partial charge is 0.306 e. The van der Waals surface area contributed by atoms with Crippen LogP contribution in [0.2, 0.25) is 0 Å². The van der Waals surface area contributed by atoms with E-state index in [4.69, 9.17) is 14.2 Å². The maximum Gasteiger partial charge on any atom is 0.306 e. The van der Waals surface area contributed by atoms with Crippen molar-refractivity contribution in [1.82, 2.24) is 0 Å². The van der Waals surface area contributed by atoms with Crippen LogP contribution in [0, 0.1) is 11.8 Å². The summed E-state index contributed by atoms with van der Waals surface area (Å²) in [6.45, 7) is 11.4. The maximum absolute atomic E-state index is 12.8. The van der Waals surface area contributed by atoms with Gasteiger partial charge in [0.05, 0.1) is 0 Å². The minimum absolute atomic E-state index is 0.0638. The average Bonchev–Trinajstić information content (AvgIpc) is 3.24. The standard InChI is InChI=1S/C56H108O6/c1-6-7-8-9-10-11-12-13-14-15-16-17-20-24-27-32-38-43-48-56(59)62-53(50-61-55(58)47-42-37-33-28-30-35-40-45-52(4)5)49-60-54(57)46-41-36-31-26-23-21-18-19-22-25-29-34-39-44-51(2)3/h51-53H,6-50H2,1-5H3/t53-/m1/s1. The summed E-state index contributed by atoms with van der Waals surface area (Å²) in [6.07, 6.45) is 51.0. The highest BCUT2D eigenvalue weighted by Crippen LogP contribution is 2.18. The summed E-state index contributed by atoms with van der Waals surface area (Å²) in [5.41, 5.74) is 0. The molecule has 0 spiro atoms. The molecule has 0 aromatic rings. The van der Waals surface area contributed by atoms with Crippen LogP contribution in [0.1, 0.15) is 311 Å². The van der Waals surface area contributed by atoms with Gasteiger partial charge in [-0.1, -0.05) is 272 Å². The highest BCUT2D eigenvalue weighted by Gasteiger charge is 2.19. The van der Waals surface area contributed by atoms with Crippen LogP contribution >= 0.6 is 0 Å². The quantitative estimate of drug-likeness (QED) is 0.0344. The Morgan fingerprint density at radius 2 is 0.532 bits per heavy atom. The topological polar surface area (TPSA) is 78.9 Å². The molecule has 0 N–H and O–H groups in total. The lowest BCUT2D eigenvalue weighted by Crippen LogP contribution is -2.30. The first-order valence-corrected chi connectivity index (χ1v) is 27.7. The van der Waals surface area contributed by atoms with Crippen molar-refractivity contribution in [2.45, 2.75) is 317 Å². The first-order valence-electron chi connectivity index (χ1n) is 27.7. The molecule has 0 saturated carbocycles. The predicted octanol–water partition coefficient (Wildman–Crippen LogP) is 18.1. The van der Waals surface area contributed by atoms with Gasteiger partial charge in [-0.25, -0.2) is 0 Å². The predicted molar refractivity (Wildman–Crippen MR) is 266 cm³/mol. The van der Waals surface area contributed by atoms with E-state index in [-0.39, 0.29) is 31.1 Å². The molecule has 0 saturated heterocycles. The number of carbonyl (C=O) groups is 3. The van der Waals surface area contributed by atoms with Crippen molar-refractivity contribution in [2.75, 3.05) is 13.2 Å². The molecule has 0 radical (unpaired) electrons. The Morgan fingerprint density at radius 3 is 0.790 bits per heavy atom. The molecule has 0 unspecified atom stereocenters. The number of esters is 3. The molecule has 1 atom stereocenters. The van der Waals surface area contributed by atoms with Gasteiger partial charge >= 0.3 is 17.9 Å². The number of rotatable bonds is 50. The zero-order valence-corrected chi connectivity index (χ0v) is 42.5. The van der Waals surface area contributed by atoms with Gasteiger partial charge in [0.2, 0.25) is 0 Å². The molecule has 368 valence electrons. The summed E-state index contributed by atoms with van der Waals surface area (Å²) >= 11 is 0. The van der Waals surface area contributed by atoms with Crippen LogP contribution in [0.3, 0.4) is 0 Å². The van der Waals surface area contributed by atoms with E-state index in [9.17, 15) is 14.4 Å². The summed E-state index contributed by atoms with van der Waals surface area (Å²) in [7, 11) is 0. The molecule has 6 nitrogen and oxygen atoms in total. The molecule has 0 bridgehead atoms. The molecule has 0 heterocycles. The highest BCUT2D eigenvalue weighted by atomic mass is 16.6. The molecule has 0 aliphatic carbocycles. The van der Waals surface area contributed by atoms with Gasteiger partial charge in [0.25, 0.3) is 0 Å². The Kier molecular flexibility index (Phi) is 47.6. The SMILES string of the molecule is CCCCCCCCCCCCCCCCCCCCC(=O)O[C@H](COC(=O)CCCCCCCCCCCCCCCC(C)C)COC(=O)CCCCCCCCCC(C)C. The van der Waals surface area contributed by atoms with Crippen molar-refractivity contribution < 1.29 is 28.6 Å². The monoisotopic (exact) mass is 877 g/mol. The number of unbranched alkanes of at least 4 members (excludes halogenated alkanes) is 35. The van der Waals surface area contributed by atoms with Crippen LogP contribution in [0.15, 0.2) is 0 Å². The lowest BCUT2D eigenvalue weighted by Gasteiger charge is -2.18. The molecular weight excluding hydrogens is 769 g/mol. The van der Waals surface area contributed by atoms with Crippen molar-refractivity contribution in [1.29, 1.82) is 0 Å². The second kappa shape index (κ2) is 48.9. The normalized spacial score (nSPS) is 12.0. The molecule has 0 rings (SSSR count). The summed E-state index contributed by atoms with van der Waals surface area (Å²) < 4.78 is 16.8. The molecule has 0 aliphatic heterocycles. The summed E-state index contributed by atoms with van der Waals surface area (Å²) in [5.74, 6) is 0.775. The van der Waals surface area contributed by atoms with Gasteiger partial charge in [0, 0.05) is 19.3 Å². The zero-order chi connectivity index (χ0) is 45.4. The Hall–Kier alpha value is -1.59. The van der Waals surface area contributed by atoms with Crippen LogP contribution in [-0.4, -0.2) is 37.2 Å². The van der Waals surface area contributed by atoms with Crippen LogP contribution < -0.4 is 0 Å². The molecule has 62 heavy (non-hydrogen) atoms. The van der Waals surface area contributed by atoms with Crippen LogP contribution in [0.4, 0.5) is 0 Å². The van der Waals surface area contributed by atoms with Gasteiger partial charge in [-0.3, -0.25) is 14.4 Å². The number of hydrogen-bond donors (Lipinski definition) is 0. The van der Waals surface area contributed by atoms with Crippen LogP contribution in [0.5, 0.6) is 0 Å². The fourth-order valence-corrected chi connectivity index (χ4v) is 8.52. The minimum atomic E-state index is -0.762. The summed E-state index contributed by atoms with van der Waals surface area (Å²) in [5, 5.41) is 0. The van der Waals surface area contributed by atoms with Crippen molar-refractivity contribution in [3.8, 4) is 0 Å². The van der Waals surface area contributed by atoms with Gasteiger partial charge in [-0.05, 0) is 31.1 Å². The van der Waals surface area contributed by atoms with Gasteiger partial charge in [-0.2, -0.15) is 0 Å². The average molecular weight is 877 g/mol. The molecule has 0 aromatic carbocycles. The largest absolute Gasteiger partial charge is 0.462 e. The van der Waals surface area contributed by atoms with Crippen molar-refractivity contribution in [3.63, 3.8) is 0 Å². The summed E-state index contributed by atoms with van der Waals surface area (Å²) in [4.78, 5) is 38.0. The third-order valence-electron chi connectivity index (χ3n) is 12.7. The van der Waals surface area contributed by atoms with E-state index in [1.165, 1.54) is 199 Å².